The average molecular weight is 221 g/mol. The number of rotatable bonds is 6. The van der Waals surface area contributed by atoms with Gasteiger partial charge in [0.15, 0.2) is 0 Å². The van der Waals surface area contributed by atoms with Crippen LogP contribution in [0.5, 0.6) is 11.5 Å². The van der Waals surface area contributed by atoms with Gasteiger partial charge in [0.05, 0.1) is 19.3 Å². The van der Waals surface area contributed by atoms with Crippen molar-refractivity contribution in [2.45, 2.75) is 27.7 Å². The summed E-state index contributed by atoms with van der Waals surface area (Å²) in [5.41, 5.74) is 0. The Morgan fingerprint density at radius 3 is 1.75 bits per heavy atom. The van der Waals surface area contributed by atoms with E-state index >= 15 is 0 Å². The summed E-state index contributed by atoms with van der Waals surface area (Å²) in [6.07, 6.45) is 0. The number of ether oxygens (including phenoxy) is 2. The Morgan fingerprint density at radius 2 is 1.38 bits per heavy atom. The maximum absolute atomic E-state index is 5.58. The molecule has 0 heterocycles. The van der Waals surface area contributed by atoms with Crippen LogP contribution in [-0.2, 0) is 0 Å². The van der Waals surface area contributed by atoms with Gasteiger partial charge in [0.25, 0.3) is 0 Å². The van der Waals surface area contributed by atoms with Crippen molar-refractivity contribution in [1.29, 1.82) is 0 Å². The molecule has 0 unspecified atom stereocenters. The predicted molar refractivity (Wildman–Crippen MR) is 65.9 cm³/mol. The Balaban J connectivity index is 2.50. The van der Waals surface area contributed by atoms with E-state index in [1.54, 1.807) is 0 Å². The Morgan fingerprint density at radius 1 is 0.938 bits per heavy atom. The second kappa shape index (κ2) is 6.41. The van der Waals surface area contributed by atoms with Gasteiger partial charge in [-0.05, 0) is 24.0 Å². The van der Waals surface area contributed by atoms with Crippen LogP contribution in [0.3, 0.4) is 0 Å². The molecule has 0 aliphatic heterocycles. The maximum Gasteiger partial charge on any atom is 0.131 e. The van der Waals surface area contributed by atoms with E-state index in [1.807, 2.05) is 18.2 Å². The van der Waals surface area contributed by atoms with Crippen molar-refractivity contribution in [1.82, 2.24) is 0 Å². The Labute approximate surface area is 98.6 Å². The molecular formula is C14H21O2. The molecule has 0 aromatic heterocycles. The molecule has 0 saturated heterocycles. The molecule has 89 valence electrons. The van der Waals surface area contributed by atoms with Crippen LogP contribution in [0, 0.1) is 17.9 Å². The smallest absolute Gasteiger partial charge is 0.131 e. The van der Waals surface area contributed by atoms with Gasteiger partial charge in [-0.2, -0.15) is 0 Å². The summed E-state index contributed by atoms with van der Waals surface area (Å²) >= 11 is 0. The normalized spacial score (nSPS) is 10.9. The quantitative estimate of drug-likeness (QED) is 0.731. The lowest BCUT2D eigenvalue weighted by Crippen LogP contribution is -2.06. The molecule has 0 bridgehead atoms. The summed E-state index contributed by atoms with van der Waals surface area (Å²) in [4.78, 5) is 0. The van der Waals surface area contributed by atoms with E-state index < -0.39 is 0 Å². The van der Waals surface area contributed by atoms with Crippen LogP contribution in [0.1, 0.15) is 27.7 Å². The minimum atomic E-state index is 0.522. The van der Waals surface area contributed by atoms with E-state index in [9.17, 15) is 0 Å². The highest BCUT2D eigenvalue weighted by molar-refractivity contribution is 5.31. The molecule has 0 amide bonds. The van der Waals surface area contributed by atoms with E-state index in [2.05, 4.69) is 33.8 Å². The van der Waals surface area contributed by atoms with E-state index in [0.29, 0.717) is 25.0 Å². The summed E-state index contributed by atoms with van der Waals surface area (Å²) in [6.45, 7) is 9.92. The molecule has 0 atom stereocenters. The summed E-state index contributed by atoms with van der Waals surface area (Å²) in [5, 5.41) is 0. The van der Waals surface area contributed by atoms with Crippen molar-refractivity contribution < 1.29 is 9.47 Å². The number of hydrogen-bond acceptors (Lipinski definition) is 2. The predicted octanol–water partition coefficient (Wildman–Crippen LogP) is 3.56. The molecule has 16 heavy (non-hydrogen) atoms. The summed E-state index contributed by atoms with van der Waals surface area (Å²) < 4.78 is 11.2. The molecule has 0 saturated carbocycles. The van der Waals surface area contributed by atoms with Crippen molar-refractivity contribution in [3.05, 3.63) is 24.3 Å². The molecule has 1 aromatic carbocycles. The van der Waals surface area contributed by atoms with Crippen LogP contribution in [0.15, 0.2) is 18.2 Å². The fourth-order valence-electron chi connectivity index (χ4n) is 1.11. The zero-order valence-corrected chi connectivity index (χ0v) is 10.6. The lowest BCUT2D eigenvalue weighted by Gasteiger charge is -2.11. The first-order valence-corrected chi connectivity index (χ1v) is 5.86. The largest absolute Gasteiger partial charge is 0.493 e. The number of hydrogen-bond donors (Lipinski definition) is 0. The Bertz CT molecular complexity index is 278. The van der Waals surface area contributed by atoms with Crippen molar-refractivity contribution in [3.63, 3.8) is 0 Å². The van der Waals surface area contributed by atoms with Crippen LogP contribution in [0.2, 0.25) is 0 Å². The topological polar surface area (TPSA) is 18.5 Å². The maximum atomic E-state index is 5.58. The van der Waals surface area contributed by atoms with Crippen molar-refractivity contribution in [2.75, 3.05) is 13.2 Å². The summed E-state index contributed by atoms with van der Waals surface area (Å²) in [5.74, 6) is 2.56. The molecule has 0 fully saturated rings. The van der Waals surface area contributed by atoms with Gasteiger partial charge in [-0.3, -0.25) is 0 Å². The summed E-state index contributed by atoms with van der Waals surface area (Å²) in [6, 6.07) is 8.86. The Hall–Kier alpha value is -1.18. The van der Waals surface area contributed by atoms with Crippen molar-refractivity contribution in [3.8, 4) is 11.5 Å². The third-order valence-corrected chi connectivity index (χ3v) is 1.89. The average Bonchev–Trinajstić information content (AvgIpc) is 2.24. The standard InChI is InChI=1S/C14H21O2/c1-11(2)9-15-13-6-5-7-14(8-13)16-10-12(3)4/h5-7,11-12H,9-10H2,1-4H3. The zero-order valence-electron chi connectivity index (χ0n) is 10.6. The van der Waals surface area contributed by atoms with Gasteiger partial charge in [-0.25, -0.2) is 0 Å². The van der Waals surface area contributed by atoms with Crippen molar-refractivity contribution in [2.24, 2.45) is 11.8 Å². The van der Waals surface area contributed by atoms with Crippen molar-refractivity contribution >= 4 is 0 Å². The zero-order chi connectivity index (χ0) is 12.0. The first kappa shape index (κ1) is 12.9. The number of benzene rings is 1. The molecule has 1 radical (unpaired) electrons. The SMILES string of the molecule is CC(C)COc1[c]c(OCC(C)C)ccc1. The van der Waals surface area contributed by atoms with E-state index in [1.165, 1.54) is 0 Å². The minimum absolute atomic E-state index is 0.522. The fraction of sp³-hybridized carbons (Fsp3) is 0.571. The van der Waals surface area contributed by atoms with E-state index in [-0.39, 0.29) is 0 Å². The molecule has 0 aliphatic carbocycles. The van der Waals surface area contributed by atoms with Gasteiger partial charge in [-0.1, -0.05) is 33.8 Å². The highest BCUT2D eigenvalue weighted by Crippen LogP contribution is 2.19. The van der Waals surface area contributed by atoms with Gasteiger partial charge in [0.1, 0.15) is 11.5 Å². The first-order valence-electron chi connectivity index (χ1n) is 5.86. The van der Waals surface area contributed by atoms with Gasteiger partial charge in [0.2, 0.25) is 0 Å². The van der Waals surface area contributed by atoms with Gasteiger partial charge >= 0.3 is 0 Å². The van der Waals surface area contributed by atoms with Crippen LogP contribution in [0.25, 0.3) is 0 Å². The second-order valence-corrected chi connectivity index (χ2v) is 4.79. The van der Waals surface area contributed by atoms with Crippen LogP contribution >= 0.6 is 0 Å². The van der Waals surface area contributed by atoms with Gasteiger partial charge < -0.3 is 9.47 Å². The molecule has 1 aromatic rings. The molecule has 0 aliphatic rings. The molecule has 0 N–H and O–H groups in total. The van der Waals surface area contributed by atoms with Crippen LogP contribution < -0.4 is 9.47 Å². The summed E-state index contributed by atoms with van der Waals surface area (Å²) in [7, 11) is 0. The molecule has 1 rings (SSSR count). The van der Waals surface area contributed by atoms with Crippen LogP contribution in [0.4, 0.5) is 0 Å². The highest BCUT2D eigenvalue weighted by Gasteiger charge is 2.01. The third-order valence-electron chi connectivity index (χ3n) is 1.89. The monoisotopic (exact) mass is 221 g/mol. The lowest BCUT2D eigenvalue weighted by atomic mass is 10.2. The molecular weight excluding hydrogens is 200 g/mol. The first-order chi connectivity index (χ1) is 7.58. The van der Waals surface area contributed by atoms with E-state index in [4.69, 9.17) is 9.47 Å². The lowest BCUT2D eigenvalue weighted by molar-refractivity contribution is 0.257. The second-order valence-electron chi connectivity index (χ2n) is 4.79. The molecule has 2 nitrogen and oxygen atoms in total. The van der Waals surface area contributed by atoms with Gasteiger partial charge in [-0.15, -0.1) is 0 Å². The minimum Gasteiger partial charge on any atom is -0.493 e. The van der Waals surface area contributed by atoms with Crippen LogP contribution in [-0.4, -0.2) is 13.2 Å². The Kier molecular flexibility index (Phi) is 5.17. The highest BCUT2D eigenvalue weighted by atomic mass is 16.5. The van der Waals surface area contributed by atoms with Gasteiger partial charge in [0, 0.05) is 0 Å². The van der Waals surface area contributed by atoms with E-state index in [0.717, 1.165) is 11.5 Å². The molecule has 2 heteroatoms. The molecule has 0 spiro atoms. The fourth-order valence-corrected chi connectivity index (χ4v) is 1.11. The third kappa shape index (κ3) is 5.06.